The summed E-state index contributed by atoms with van der Waals surface area (Å²) in [4.78, 5) is 12.5. The summed E-state index contributed by atoms with van der Waals surface area (Å²) in [6.45, 7) is 1.67. The Morgan fingerprint density at radius 2 is 1.88 bits per heavy atom. The molecule has 0 spiro atoms. The molecule has 1 aliphatic rings. The second-order valence-electron chi connectivity index (χ2n) is 5.83. The van der Waals surface area contributed by atoms with Crippen LogP contribution < -0.4 is 9.64 Å². The van der Waals surface area contributed by atoms with Crippen LogP contribution in [-0.2, 0) is 0 Å². The number of ether oxygens (including phenoxy) is 1. The maximum absolute atomic E-state index is 10.7. The van der Waals surface area contributed by atoms with E-state index in [4.69, 9.17) is 21.6 Å². The molecule has 0 bridgehead atoms. The normalized spacial score (nSPS) is 14.8. The molecule has 3 rings (SSSR count). The molecule has 1 saturated heterocycles. The van der Waals surface area contributed by atoms with Gasteiger partial charge in [0.25, 0.3) is 5.69 Å². The number of rotatable bonds is 4. The molecule has 0 unspecified atom stereocenters. The van der Waals surface area contributed by atoms with Crippen molar-refractivity contribution >= 4 is 23.0 Å². The van der Waals surface area contributed by atoms with Gasteiger partial charge >= 0.3 is 0 Å². The highest BCUT2D eigenvalue weighted by Crippen LogP contribution is 2.31. The third-order valence-corrected chi connectivity index (χ3v) is 4.52. The van der Waals surface area contributed by atoms with Gasteiger partial charge in [-0.2, -0.15) is 5.26 Å². The first-order valence-corrected chi connectivity index (χ1v) is 8.30. The summed E-state index contributed by atoms with van der Waals surface area (Å²) in [6, 6.07) is 13.9. The summed E-state index contributed by atoms with van der Waals surface area (Å²) in [6.07, 6.45) is 1.68. The summed E-state index contributed by atoms with van der Waals surface area (Å²) in [5, 5.41) is 19.9. The molecule has 0 N–H and O–H groups in total. The number of nitriles is 1. The third kappa shape index (κ3) is 4.01. The summed E-state index contributed by atoms with van der Waals surface area (Å²) in [5.74, 6) is 0.476. The van der Waals surface area contributed by atoms with Crippen molar-refractivity contribution in [1.29, 1.82) is 5.26 Å². The van der Waals surface area contributed by atoms with E-state index in [2.05, 4.69) is 11.0 Å². The fourth-order valence-electron chi connectivity index (χ4n) is 2.86. The third-order valence-electron chi connectivity index (χ3n) is 4.22. The average Bonchev–Trinajstić information content (AvgIpc) is 2.64. The van der Waals surface area contributed by atoms with Gasteiger partial charge in [-0.15, -0.1) is 0 Å². The van der Waals surface area contributed by atoms with Gasteiger partial charge in [-0.25, -0.2) is 0 Å². The number of anilines is 1. The van der Waals surface area contributed by atoms with Crippen molar-refractivity contribution < 1.29 is 9.66 Å². The van der Waals surface area contributed by atoms with Crippen LogP contribution in [0.5, 0.6) is 5.75 Å². The van der Waals surface area contributed by atoms with E-state index in [9.17, 15) is 10.1 Å². The van der Waals surface area contributed by atoms with Crippen LogP contribution >= 0.6 is 11.6 Å². The molecule has 0 amide bonds. The van der Waals surface area contributed by atoms with Gasteiger partial charge in [0.2, 0.25) is 0 Å². The van der Waals surface area contributed by atoms with Crippen LogP contribution in [0.3, 0.4) is 0 Å². The highest BCUT2D eigenvalue weighted by atomic mass is 35.5. The largest absolute Gasteiger partial charge is 0.489 e. The van der Waals surface area contributed by atoms with Crippen LogP contribution in [0.25, 0.3) is 0 Å². The zero-order chi connectivity index (χ0) is 17.8. The van der Waals surface area contributed by atoms with Crippen LogP contribution in [0.1, 0.15) is 18.4 Å². The minimum Gasteiger partial charge on any atom is -0.489 e. The number of hydrogen-bond donors (Lipinski definition) is 0. The van der Waals surface area contributed by atoms with Gasteiger partial charge in [-0.1, -0.05) is 11.6 Å². The first-order chi connectivity index (χ1) is 12.1. The lowest BCUT2D eigenvalue weighted by Gasteiger charge is -2.33. The van der Waals surface area contributed by atoms with E-state index in [1.54, 1.807) is 6.07 Å². The van der Waals surface area contributed by atoms with E-state index in [1.807, 2.05) is 24.3 Å². The molecular weight excluding hydrogens is 342 g/mol. The van der Waals surface area contributed by atoms with Crippen LogP contribution in [-0.4, -0.2) is 24.1 Å². The molecule has 0 aliphatic carbocycles. The minimum atomic E-state index is -0.480. The molecule has 0 atom stereocenters. The molecule has 6 nitrogen and oxygen atoms in total. The van der Waals surface area contributed by atoms with Crippen molar-refractivity contribution in [2.24, 2.45) is 0 Å². The second-order valence-corrected chi connectivity index (χ2v) is 6.24. The zero-order valence-corrected chi connectivity index (χ0v) is 14.1. The molecule has 25 heavy (non-hydrogen) atoms. The maximum Gasteiger partial charge on any atom is 0.271 e. The second kappa shape index (κ2) is 7.41. The topological polar surface area (TPSA) is 79.4 Å². The van der Waals surface area contributed by atoms with Crippen LogP contribution in [0, 0.1) is 21.4 Å². The van der Waals surface area contributed by atoms with E-state index in [1.165, 1.54) is 12.1 Å². The van der Waals surface area contributed by atoms with Crippen molar-refractivity contribution in [2.75, 3.05) is 18.0 Å². The summed E-state index contributed by atoms with van der Waals surface area (Å²) in [7, 11) is 0. The smallest absolute Gasteiger partial charge is 0.271 e. The molecule has 2 aromatic rings. The van der Waals surface area contributed by atoms with Crippen molar-refractivity contribution in [3.05, 3.63) is 63.2 Å². The quantitative estimate of drug-likeness (QED) is 0.606. The number of benzene rings is 2. The standard InChI is InChI=1S/C18H16ClN3O3/c19-17-11-15(22(23)24)5-6-18(17)25-16-7-9-21(10-8-16)14-3-1-13(12-20)2-4-14/h1-6,11,16H,7-10H2. The van der Waals surface area contributed by atoms with Crippen molar-refractivity contribution in [3.63, 3.8) is 0 Å². The zero-order valence-electron chi connectivity index (χ0n) is 13.4. The molecule has 7 heteroatoms. The number of hydrogen-bond acceptors (Lipinski definition) is 5. The molecule has 1 fully saturated rings. The number of piperidine rings is 1. The van der Waals surface area contributed by atoms with Crippen molar-refractivity contribution in [1.82, 2.24) is 0 Å². The van der Waals surface area contributed by atoms with Gasteiger partial charge in [-0.3, -0.25) is 10.1 Å². The monoisotopic (exact) mass is 357 g/mol. The summed E-state index contributed by atoms with van der Waals surface area (Å²) < 4.78 is 5.92. The van der Waals surface area contributed by atoms with Gasteiger partial charge in [0.15, 0.2) is 0 Å². The first-order valence-electron chi connectivity index (χ1n) is 7.92. The molecule has 0 saturated carbocycles. The van der Waals surface area contributed by atoms with Gasteiger partial charge in [0, 0.05) is 43.8 Å². The average molecular weight is 358 g/mol. The molecule has 0 radical (unpaired) electrons. The van der Waals surface area contributed by atoms with Gasteiger partial charge < -0.3 is 9.64 Å². The Balaban J connectivity index is 1.59. The Hall–Kier alpha value is -2.78. The predicted octanol–water partition coefficient (Wildman–Crippen LogP) is 4.17. The molecule has 1 heterocycles. The highest BCUT2D eigenvalue weighted by molar-refractivity contribution is 6.32. The Kier molecular flexibility index (Phi) is 5.05. The van der Waals surface area contributed by atoms with Gasteiger partial charge in [-0.05, 0) is 30.3 Å². The van der Waals surface area contributed by atoms with E-state index in [-0.39, 0.29) is 16.8 Å². The van der Waals surface area contributed by atoms with Crippen LogP contribution in [0.4, 0.5) is 11.4 Å². The number of nitrogens with zero attached hydrogens (tertiary/aromatic N) is 3. The van der Waals surface area contributed by atoms with E-state index in [0.717, 1.165) is 31.6 Å². The van der Waals surface area contributed by atoms with Crippen molar-refractivity contribution in [2.45, 2.75) is 18.9 Å². The lowest BCUT2D eigenvalue weighted by atomic mass is 10.1. The number of halogens is 1. The Labute approximate surface area is 150 Å². The fourth-order valence-corrected chi connectivity index (χ4v) is 3.08. The molecule has 128 valence electrons. The lowest BCUT2D eigenvalue weighted by Crippen LogP contribution is -2.38. The number of nitro groups is 1. The summed E-state index contributed by atoms with van der Waals surface area (Å²) >= 11 is 6.08. The molecule has 2 aromatic carbocycles. The number of nitro benzene ring substituents is 1. The highest BCUT2D eigenvalue weighted by Gasteiger charge is 2.22. The lowest BCUT2D eigenvalue weighted by molar-refractivity contribution is -0.384. The Morgan fingerprint density at radius 1 is 1.20 bits per heavy atom. The maximum atomic E-state index is 10.7. The van der Waals surface area contributed by atoms with Crippen LogP contribution in [0.2, 0.25) is 5.02 Å². The Bertz CT molecular complexity index is 809. The minimum absolute atomic E-state index is 0.0218. The van der Waals surface area contributed by atoms with Gasteiger partial charge in [0.1, 0.15) is 11.9 Å². The van der Waals surface area contributed by atoms with E-state index in [0.29, 0.717) is 11.3 Å². The van der Waals surface area contributed by atoms with Crippen molar-refractivity contribution in [3.8, 4) is 11.8 Å². The summed E-state index contributed by atoms with van der Waals surface area (Å²) in [5.41, 5.74) is 1.69. The fraction of sp³-hybridized carbons (Fsp3) is 0.278. The van der Waals surface area contributed by atoms with Gasteiger partial charge in [0.05, 0.1) is 21.6 Å². The first kappa shape index (κ1) is 17.1. The predicted molar refractivity (Wildman–Crippen MR) is 95.1 cm³/mol. The van der Waals surface area contributed by atoms with E-state index < -0.39 is 4.92 Å². The molecular formula is C18H16ClN3O3. The number of non-ortho nitro benzene ring substituents is 1. The SMILES string of the molecule is N#Cc1ccc(N2CCC(Oc3ccc([N+](=O)[O-])cc3Cl)CC2)cc1. The van der Waals surface area contributed by atoms with E-state index >= 15 is 0 Å². The molecule has 1 aliphatic heterocycles. The Morgan fingerprint density at radius 3 is 2.44 bits per heavy atom. The van der Waals surface area contributed by atoms with Crippen LogP contribution in [0.15, 0.2) is 42.5 Å². The molecule has 0 aromatic heterocycles.